The van der Waals surface area contributed by atoms with Crippen molar-refractivity contribution in [3.05, 3.63) is 0 Å². The minimum atomic E-state index is -0.386. The van der Waals surface area contributed by atoms with E-state index in [9.17, 15) is 0 Å². The van der Waals surface area contributed by atoms with Crippen LogP contribution in [0.5, 0.6) is 0 Å². The van der Waals surface area contributed by atoms with Crippen molar-refractivity contribution in [2.24, 2.45) is 10.2 Å². The normalized spacial score (nSPS) is 27.1. The van der Waals surface area contributed by atoms with Gasteiger partial charge in [-0.1, -0.05) is 75.8 Å². The molecule has 122 valence electrons. The van der Waals surface area contributed by atoms with E-state index in [1.54, 1.807) is 0 Å². The molecule has 2 aliphatic carbocycles. The van der Waals surface area contributed by atoms with Crippen molar-refractivity contribution in [3.8, 4) is 0 Å². The highest BCUT2D eigenvalue weighted by molar-refractivity contribution is 6.23. The van der Waals surface area contributed by atoms with Crippen LogP contribution in [0.3, 0.4) is 0 Å². The third-order valence-corrected chi connectivity index (χ3v) is 5.55. The number of alkyl halides is 1. The van der Waals surface area contributed by atoms with Gasteiger partial charge in [0.15, 0.2) is 5.00 Å². The van der Waals surface area contributed by atoms with Crippen molar-refractivity contribution in [3.63, 3.8) is 0 Å². The van der Waals surface area contributed by atoms with Crippen molar-refractivity contribution < 1.29 is 0 Å². The largest absolute Gasteiger partial charge is 0.189 e. The van der Waals surface area contributed by atoms with Gasteiger partial charge in [0.05, 0.1) is 6.04 Å². The monoisotopic (exact) mass is 312 g/mol. The van der Waals surface area contributed by atoms with E-state index < -0.39 is 0 Å². The van der Waals surface area contributed by atoms with Crippen molar-refractivity contribution in [2.75, 3.05) is 0 Å². The van der Waals surface area contributed by atoms with E-state index in [4.69, 9.17) is 16.7 Å². The van der Waals surface area contributed by atoms with Crippen LogP contribution in [0.4, 0.5) is 0 Å². The van der Waals surface area contributed by atoms with Gasteiger partial charge in [-0.05, 0) is 38.5 Å². The molecular formula is C18H33ClN2. The topological polar surface area (TPSA) is 24.7 Å². The SMILES string of the molecule is ClC1(N=NC2CCCCCCCC2)CCCCCCCC1. The summed E-state index contributed by atoms with van der Waals surface area (Å²) in [4.78, 5) is -0.386. The summed E-state index contributed by atoms with van der Waals surface area (Å²) in [6.07, 6.45) is 20.5. The zero-order valence-corrected chi connectivity index (χ0v) is 14.4. The van der Waals surface area contributed by atoms with Crippen LogP contribution in [-0.2, 0) is 0 Å². The summed E-state index contributed by atoms with van der Waals surface area (Å²) >= 11 is 6.79. The summed E-state index contributed by atoms with van der Waals surface area (Å²) in [5.74, 6) is 0. The first-order valence-corrected chi connectivity index (χ1v) is 9.77. The fourth-order valence-corrected chi connectivity index (χ4v) is 3.95. The van der Waals surface area contributed by atoms with Gasteiger partial charge in [-0.15, -0.1) is 0 Å². The molecule has 2 saturated carbocycles. The molecule has 0 saturated heterocycles. The number of halogens is 1. The first-order chi connectivity index (χ1) is 10.3. The zero-order chi connectivity index (χ0) is 14.8. The summed E-state index contributed by atoms with van der Waals surface area (Å²) in [5, 5.41) is 9.39. The number of nitrogens with zero attached hydrogens (tertiary/aromatic N) is 2. The van der Waals surface area contributed by atoms with Gasteiger partial charge >= 0.3 is 0 Å². The van der Waals surface area contributed by atoms with Gasteiger partial charge in [0.25, 0.3) is 0 Å². The Kier molecular flexibility index (Phi) is 8.06. The van der Waals surface area contributed by atoms with Crippen molar-refractivity contribution in [2.45, 2.75) is 114 Å². The molecule has 0 aliphatic heterocycles. The summed E-state index contributed by atoms with van der Waals surface area (Å²) in [7, 11) is 0. The Morgan fingerprint density at radius 3 is 1.57 bits per heavy atom. The molecule has 2 rings (SSSR count). The van der Waals surface area contributed by atoms with Gasteiger partial charge in [0, 0.05) is 0 Å². The molecule has 2 nitrogen and oxygen atoms in total. The van der Waals surface area contributed by atoms with Crippen molar-refractivity contribution in [1.29, 1.82) is 0 Å². The molecule has 0 spiro atoms. The first kappa shape index (κ1) is 17.2. The van der Waals surface area contributed by atoms with Crippen LogP contribution in [0.25, 0.3) is 0 Å². The second-order valence-corrected chi connectivity index (χ2v) is 7.81. The molecule has 2 aliphatic rings. The molecule has 0 aromatic carbocycles. The maximum atomic E-state index is 6.79. The second kappa shape index (κ2) is 9.82. The third-order valence-electron chi connectivity index (χ3n) is 5.09. The summed E-state index contributed by atoms with van der Waals surface area (Å²) in [6.45, 7) is 0. The van der Waals surface area contributed by atoms with E-state index in [0.29, 0.717) is 6.04 Å². The molecule has 0 heterocycles. The molecule has 0 atom stereocenters. The quantitative estimate of drug-likeness (QED) is 0.297. The average Bonchev–Trinajstić information content (AvgIpc) is 2.68. The van der Waals surface area contributed by atoms with Gasteiger partial charge in [0.1, 0.15) is 0 Å². The van der Waals surface area contributed by atoms with E-state index in [1.807, 2.05) is 0 Å². The summed E-state index contributed by atoms with van der Waals surface area (Å²) in [5.41, 5.74) is 0. The Morgan fingerprint density at radius 2 is 1.05 bits per heavy atom. The smallest absolute Gasteiger partial charge is 0.154 e. The minimum absolute atomic E-state index is 0.386. The lowest BCUT2D eigenvalue weighted by molar-refractivity contribution is 0.429. The van der Waals surface area contributed by atoms with Crippen LogP contribution >= 0.6 is 11.6 Å². The molecule has 0 amide bonds. The van der Waals surface area contributed by atoms with E-state index in [1.165, 1.54) is 89.9 Å². The number of hydrogen-bond acceptors (Lipinski definition) is 2. The number of azo groups is 1. The highest BCUT2D eigenvalue weighted by Gasteiger charge is 2.27. The maximum Gasteiger partial charge on any atom is 0.154 e. The highest BCUT2D eigenvalue weighted by atomic mass is 35.5. The van der Waals surface area contributed by atoms with Crippen LogP contribution in [-0.4, -0.2) is 11.0 Å². The van der Waals surface area contributed by atoms with E-state index in [0.717, 1.165) is 12.8 Å². The molecule has 0 bridgehead atoms. The van der Waals surface area contributed by atoms with Crippen LogP contribution in [0, 0.1) is 0 Å². The molecule has 3 heteroatoms. The van der Waals surface area contributed by atoms with Gasteiger partial charge in [0.2, 0.25) is 0 Å². The number of hydrogen-bond donors (Lipinski definition) is 0. The first-order valence-electron chi connectivity index (χ1n) is 9.39. The molecule has 0 aromatic heterocycles. The van der Waals surface area contributed by atoms with Crippen molar-refractivity contribution in [1.82, 2.24) is 0 Å². The molecule has 21 heavy (non-hydrogen) atoms. The molecule has 0 radical (unpaired) electrons. The summed E-state index contributed by atoms with van der Waals surface area (Å²) in [6, 6.07) is 0.436. The van der Waals surface area contributed by atoms with Crippen LogP contribution in [0.2, 0.25) is 0 Å². The Hall–Kier alpha value is -0.110. The second-order valence-electron chi connectivity index (χ2n) is 7.11. The lowest BCUT2D eigenvalue weighted by Crippen LogP contribution is -2.18. The molecule has 0 aromatic rings. The Morgan fingerprint density at radius 1 is 0.619 bits per heavy atom. The fraction of sp³-hybridized carbons (Fsp3) is 1.00. The lowest BCUT2D eigenvalue weighted by atomic mass is 10.0. The molecule has 2 fully saturated rings. The zero-order valence-electron chi connectivity index (χ0n) is 13.7. The van der Waals surface area contributed by atoms with E-state index >= 15 is 0 Å². The standard InChI is InChI=1S/C18H33ClN2/c19-18(15-11-7-3-4-8-12-16-18)21-20-17-13-9-5-1-2-6-10-14-17/h17H,1-16H2. The highest BCUT2D eigenvalue weighted by Crippen LogP contribution is 2.34. The number of rotatable bonds is 2. The predicted molar refractivity (Wildman–Crippen MR) is 91.1 cm³/mol. The summed E-state index contributed by atoms with van der Waals surface area (Å²) < 4.78 is 0. The molecule has 0 N–H and O–H groups in total. The lowest BCUT2D eigenvalue weighted by Gasteiger charge is -2.21. The Balaban J connectivity index is 1.88. The maximum absolute atomic E-state index is 6.79. The predicted octanol–water partition coefficient (Wildman–Crippen LogP) is 7.01. The molecule has 0 unspecified atom stereocenters. The minimum Gasteiger partial charge on any atom is -0.189 e. The Labute approximate surface area is 136 Å². The average molecular weight is 313 g/mol. The third kappa shape index (κ3) is 7.13. The van der Waals surface area contributed by atoms with Gasteiger partial charge in [-0.2, -0.15) is 10.2 Å². The van der Waals surface area contributed by atoms with Gasteiger partial charge in [-0.3, -0.25) is 0 Å². The molecular weight excluding hydrogens is 280 g/mol. The van der Waals surface area contributed by atoms with Crippen LogP contribution in [0.15, 0.2) is 10.2 Å². The fourth-order valence-electron chi connectivity index (χ4n) is 3.64. The van der Waals surface area contributed by atoms with E-state index in [-0.39, 0.29) is 5.00 Å². The van der Waals surface area contributed by atoms with Crippen molar-refractivity contribution >= 4 is 11.6 Å². The Bertz CT molecular complexity index is 284. The van der Waals surface area contributed by atoms with Crippen LogP contribution < -0.4 is 0 Å². The van der Waals surface area contributed by atoms with E-state index in [2.05, 4.69) is 5.11 Å². The van der Waals surface area contributed by atoms with Gasteiger partial charge in [-0.25, -0.2) is 0 Å². The van der Waals surface area contributed by atoms with Crippen LogP contribution in [0.1, 0.15) is 103 Å². The van der Waals surface area contributed by atoms with Gasteiger partial charge < -0.3 is 0 Å².